The average Bonchev–Trinajstić information content (AvgIpc) is 2.89. The summed E-state index contributed by atoms with van der Waals surface area (Å²) in [5.74, 6) is 2.39. The van der Waals surface area contributed by atoms with Crippen LogP contribution in [0.3, 0.4) is 0 Å². The maximum Gasteiger partial charge on any atom is 0.0777 e. The molecule has 1 heteroatoms. The Morgan fingerprint density at radius 1 is 0.880 bits per heavy atom. The van der Waals surface area contributed by atoms with Crippen molar-refractivity contribution in [3.8, 4) is 0 Å². The van der Waals surface area contributed by atoms with E-state index in [0.29, 0.717) is 23.7 Å². The molecule has 4 atom stereocenters. The lowest BCUT2D eigenvalue weighted by Gasteiger charge is -2.33. The Morgan fingerprint density at radius 3 is 2.60 bits per heavy atom. The molecule has 0 spiro atoms. The van der Waals surface area contributed by atoms with E-state index < -0.39 is 0 Å². The van der Waals surface area contributed by atoms with Gasteiger partial charge in [0.1, 0.15) is 0 Å². The van der Waals surface area contributed by atoms with Gasteiger partial charge >= 0.3 is 0 Å². The van der Waals surface area contributed by atoms with E-state index in [2.05, 4.69) is 86.7 Å². The van der Waals surface area contributed by atoms with Crippen LogP contribution >= 0.6 is 0 Å². The van der Waals surface area contributed by atoms with E-state index in [1.165, 1.54) is 16.3 Å². The van der Waals surface area contributed by atoms with Crippen molar-refractivity contribution in [1.29, 1.82) is 0 Å². The molecule has 1 aromatic carbocycles. The first kappa shape index (κ1) is 14.9. The van der Waals surface area contributed by atoms with Crippen molar-refractivity contribution in [3.63, 3.8) is 0 Å². The molecule has 0 aliphatic heterocycles. The van der Waals surface area contributed by atoms with Crippen molar-refractivity contribution in [2.75, 3.05) is 0 Å². The Bertz CT molecular complexity index is 952. The zero-order valence-corrected chi connectivity index (χ0v) is 14.8. The summed E-state index contributed by atoms with van der Waals surface area (Å²) in [6.07, 6.45) is 18.5. The number of nitrogens with zero attached hydrogens (tertiary/aromatic N) is 1. The van der Waals surface area contributed by atoms with Gasteiger partial charge in [-0.15, -0.1) is 0 Å². The molecule has 1 heterocycles. The molecule has 0 radical (unpaired) electrons. The Kier molecular flexibility index (Phi) is 3.15. The van der Waals surface area contributed by atoms with E-state index in [1.807, 2.05) is 6.20 Å². The molecule has 5 rings (SSSR count). The number of hydrogen-bond donors (Lipinski definition) is 0. The largest absolute Gasteiger partial charge is 0.256 e. The van der Waals surface area contributed by atoms with Gasteiger partial charge in [-0.2, -0.15) is 0 Å². The Labute approximate surface area is 149 Å². The number of allylic oxidation sites excluding steroid dienone is 8. The van der Waals surface area contributed by atoms with E-state index in [4.69, 9.17) is 4.98 Å². The van der Waals surface area contributed by atoms with Gasteiger partial charge < -0.3 is 0 Å². The predicted molar refractivity (Wildman–Crippen MR) is 105 cm³/mol. The molecule has 2 aromatic rings. The fourth-order valence-electron chi connectivity index (χ4n) is 5.24. The summed E-state index contributed by atoms with van der Waals surface area (Å²) in [7, 11) is 0. The minimum atomic E-state index is 0.261. The van der Waals surface area contributed by atoms with Crippen LogP contribution in [0.4, 0.5) is 0 Å². The SMILES string of the molecule is CC1(C)C2C=CC=CC2C2C=CC(c3nccc4ccccc34)=CC21. The minimum Gasteiger partial charge on any atom is -0.256 e. The third kappa shape index (κ3) is 2.12. The van der Waals surface area contributed by atoms with Crippen LogP contribution < -0.4 is 0 Å². The summed E-state index contributed by atoms with van der Waals surface area (Å²) < 4.78 is 0. The lowest BCUT2D eigenvalue weighted by molar-refractivity contribution is 0.239. The number of hydrogen-bond acceptors (Lipinski definition) is 1. The standard InChI is InChI=1S/C24H23N/c1-24(2)21-10-6-5-9-19(21)20-12-11-17(15-22(20)24)23-18-8-4-3-7-16(18)13-14-25-23/h3-15,19-22H,1-2H3. The van der Waals surface area contributed by atoms with E-state index in [9.17, 15) is 0 Å². The smallest absolute Gasteiger partial charge is 0.0777 e. The second-order valence-corrected chi connectivity index (χ2v) is 8.16. The quantitative estimate of drug-likeness (QED) is 0.644. The van der Waals surface area contributed by atoms with Crippen molar-refractivity contribution in [3.05, 3.63) is 84.8 Å². The summed E-state index contributed by atoms with van der Waals surface area (Å²) in [6.45, 7) is 4.87. The molecular weight excluding hydrogens is 302 g/mol. The lowest BCUT2D eigenvalue weighted by Crippen LogP contribution is -2.26. The van der Waals surface area contributed by atoms with Crippen LogP contribution in [0.15, 0.2) is 79.1 Å². The van der Waals surface area contributed by atoms with Gasteiger partial charge in [-0.05, 0) is 46.1 Å². The van der Waals surface area contributed by atoms with Crippen molar-refractivity contribution >= 4 is 16.3 Å². The lowest BCUT2D eigenvalue weighted by atomic mass is 9.71. The van der Waals surface area contributed by atoms with Gasteiger partial charge in [-0.25, -0.2) is 0 Å². The summed E-state index contributed by atoms with van der Waals surface area (Å²) in [5, 5.41) is 2.50. The molecule has 0 bridgehead atoms. The van der Waals surface area contributed by atoms with Crippen LogP contribution in [-0.4, -0.2) is 4.98 Å². The number of aromatic nitrogens is 1. The summed E-state index contributed by atoms with van der Waals surface area (Å²) in [5.41, 5.74) is 2.65. The number of benzene rings is 1. The summed E-state index contributed by atoms with van der Waals surface area (Å²) in [6, 6.07) is 10.6. The molecule has 1 aromatic heterocycles. The maximum atomic E-state index is 4.74. The highest BCUT2D eigenvalue weighted by atomic mass is 14.7. The predicted octanol–water partition coefficient (Wildman–Crippen LogP) is 5.82. The molecule has 124 valence electrons. The summed E-state index contributed by atoms with van der Waals surface area (Å²) in [4.78, 5) is 4.74. The Hall–Kier alpha value is -2.41. The molecule has 0 saturated heterocycles. The number of pyridine rings is 1. The van der Waals surface area contributed by atoms with Gasteiger partial charge in [-0.1, -0.05) is 80.6 Å². The van der Waals surface area contributed by atoms with E-state index in [0.717, 1.165) is 5.69 Å². The van der Waals surface area contributed by atoms with Gasteiger partial charge in [0, 0.05) is 11.6 Å². The molecule has 4 unspecified atom stereocenters. The van der Waals surface area contributed by atoms with Crippen LogP contribution in [0.5, 0.6) is 0 Å². The molecule has 1 fully saturated rings. The van der Waals surface area contributed by atoms with E-state index in [-0.39, 0.29) is 5.41 Å². The first-order chi connectivity index (χ1) is 12.2. The van der Waals surface area contributed by atoms with Crippen LogP contribution in [0, 0.1) is 29.1 Å². The van der Waals surface area contributed by atoms with Crippen LogP contribution in [0.2, 0.25) is 0 Å². The van der Waals surface area contributed by atoms with Gasteiger partial charge in [0.15, 0.2) is 0 Å². The van der Waals surface area contributed by atoms with Gasteiger partial charge in [-0.3, -0.25) is 4.98 Å². The van der Waals surface area contributed by atoms with Gasteiger partial charge in [0.25, 0.3) is 0 Å². The first-order valence-corrected chi connectivity index (χ1v) is 9.25. The van der Waals surface area contributed by atoms with E-state index >= 15 is 0 Å². The molecule has 3 aliphatic rings. The molecule has 3 aliphatic carbocycles. The highest BCUT2D eigenvalue weighted by molar-refractivity contribution is 5.94. The van der Waals surface area contributed by atoms with Gasteiger partial charge in [0.05, 0.1) is 5.69 Å². The third-order valence-electron chi connectivity index (χ3n) is 6.56. The first-order valence-electron chi connectivity index (χ1n) is 9.25. The highest BCUT2D eigenvalue weighted by Crippen LogP contribution is 2.58. The fourth-order valence-corrected chi connectivity index (χ4v) is 5.24. The molecule has 0 N–H and O–H groups in total. The van der Waals surface area contributed by atoms with Crippen molar-refractivity contribution in [2.45, 2.75) is 13.8 Å². The normalized spacial score (nSPS) is 31.7. The van der Waals surface area contributed by atoms with Crippen molar-refractivity contribution in [1.82, 2.24) is 4.98 Å². The van der Waals surface area contributed by atoms with Gasteiger partial charge in [0.2, 0.25) is 0 Å². The average molecular weight is 325 g/mol. The minimum absolute atomic E-state index is 0.261. The Morgan fingerprint density at radius 2 is 1.68 bits per heavy atom. The van der Waals surface area contributed by atoms with Crippen LogP contribution in [0.25, 0.3) is 16.3 Å². The van der Waals surface area contributed by atoms with E-state index in [1.54, 1.807) is 0 Å². The monoisotopic (exact) mass is 325 g/mol. The Balaban J connectivity index is 1.63. The molecule has 0 amide bonds. The summed E-state index contributed by atoms with van der Waals surface area (Å²) >= 11 is 0. The second-order valence-electron chi connectivity index (χ2n) is 8.16. The number of rotatable bonds is 1. The third-order valence-corrected chi connectivity index (χ3v) is 6.56. The number of fused-ring (bicyclic) bond motifs is 4. The molecule has 1 saturated carbocycles. The fraction of sp³-hybridized carbons (Fsp3) is 0.292. The second kappa shape index (κ2) is 5.29. The molecule has 25 heavy (non-hydrogen) atoms. The van der Waals surface area contributed by atoms with Crippen LogP contribution in [-0.2, 0) is 0 Å². The zero-order valence-electron chi connectivity index (χ0n) is 14.8. The topological polar surface area (TPSA) is 12.9 Å². The molecular formula is C24H23N. The molecule has 1 nitrogen and oxygen atoms in total. The van der Waals surface area contributed by atoms with Crippen molar-refractivity contribution in [2.24, 2.45) is 29.1 Å². The maximum absolute atomic E-state index is 4.74. The van der Waals surface area contributed by atoms with Crippen molar-refractivity contribution < 1.29 is 0 Å². The zero-order chi connectivity index (χ0) is 17.0. The highest BCUT2D eigenvalue weighted by Gasteiger charge is 2.52. The van der Waals surface area contributed by atoms with Crippen LogP contribution in [0.1, 0.15) is 19.5 Å².